The molecule has 0 aliphatic rings. The molecule has 3 nitrogen and oxygen atoms in total. The Morgan fingerprint density at radius 3 is 2.36 bits per heavy atom. The molecule has 0 saturated carbocycles. The lowest BCUT2D eigenvalue weighted by molar-refractivity contribution is 0.102. The molecule has 7 heteroatoms. The number of sulfone groups is 1. The number of benzene rings is 2. The molecule has 0 aliphatic carbocycles. The molecule has 3 aromatic rings. The Kier molecular flexibility index (Phi) is 5.21. The molecule has 0 atom stereocenters. The van der Waals surface area contributed by atoms with Gasteiger partial charge >= 0.3 is 0 Å². The number of hydrogen-bond acceptors (Lipinski definition) is 4. The Hall–Kier alpha value is -1.40. The van der Waals surface area contributed by atoms with Crippen LogP contribution in [0.2, 0.25) is 10.0 Å². The predicted molar refractivity (Wildman–Crippen MR) is 105 cm³/mol. The summed E-state index contributed by atoms with van der Waals surface area (Å²) < 4.78 is 25.7. The monoisotopic (exact) mass is 412 g/mol. The summed E-state index contributed by atoms with van der Waals surface area (Å²) in [5.74, 6) is -1.09. The van der Waals surface area contributed by atoms with Crippen LogP contribution in [0.1, 0.15) is 20.8 Å². The van der Waals surface area contributed by atoms with Crippen LogP contribution in [0.15, 0.2) is 42.5 Å². The SMILES string of the molecule is Cc1c(C(=O)CS(=O)(=O)Cc2ccc(Cl)cc2)sc2ccc(Cl)cc12. The van der Waals surface area contributed by atoms with Crippen molar-refractivity contribution in [3.63, 3.8) is 0 Å². The van der Waals surface area contributed by atoms with Crippen LogP contribution in [0, 0.1) is 6.92 Å². The number of Topliss-reactive ketones (excluding diaryl/α,β-unsaturated/α-hetero) is 1. The predicted octanol–water partition coefficient (Wildman–Crippen LogP) is 5.31. The van der Waals surface area contributed by atoms with Gasteiger partial charge in [0.25, 0.3) is 0 Å². The molecular weight excluding hydrogens is 399 g/mol. The van der Waals surface area contributed by atoms with Crippen molar-refractivity contribution in [3.8, 4) is 0 Å². The van der Waals surface area contributed by atoms with E-state index in [2.05, 4.69) is 0 Å². The smallest absolute Gasteiger partial charge is 0.188 e. The number of hydrogen-bond donors (Lipinski definition) is 0. The van der Waals surface area contributed by atoms with E-state index in [0.29, 0.717) is 20.5 Å². The highest BCUT2D eigenvalue weighted by Crippen LogP contribution is 2.33. The molecule has 1 aromatic heterocycles. The topological polar surface area (TPSA) is 51.2 Å². The third-order valence-corrected chi connectivity index (χ3v) is 7.08. The lowest BCUT2D eigenvalue weighted by Gasteiger charge is -2.04. The van der Waals surface area contributed by atoms with Crippen molar-refractivity contribution in [3.05, 3.63) is 68.5 Å². The second kappa shape index (κ2) is 7.08. The summed E-state index contributed by atoms with van der Waals surface area (Å²) in [5.41, 5.74) is 1.38. The van der Waals surface area contributed by atoms with E-state index in [4.69, 9.17) is 23.2 Å². The van der Waals surface area contributed by atoms with Gasteiger partial charge in [-0.3, -0.25) is 4.79 Å². The van der Waals surface area contributed by atoms with Gasteiger partial charge in [0, 0.05) is 14.7 Å². The maximum Gasteiger partial charge on any atom is 0.188 e. The fourth-order valence-corrected chi connectivity index (χ4v) is 5.47. The normalized spacial score (nSPS) is 11.8. The number of fused-ring (bicyclic) bond motifs is 1. The summed E-state index contributed by atoms with van der Waals surface area (Å²) in [5, 5.41) is 2.01. The molecule has 0 N–H and O–H groups in total. The summed E-state index contributed by atoms with van der Waals surface area (Å²) >= 11 is 13.1. The lowest BCUT2D eigenvalue weighted by atomic mass is 10.1. The summed E-state index contributed by atoms with van der Waals surface area (Å²) in [6.45, 7) is 1.81. The van der Waals surface area contributed by atoms with Crippen LogP contribution in [-0.4, -0.2) is 20.0 Å². The van der Waals surface area contributed by atoms with Gasteiger partial charge in [-0.15, -0.1) is 11.3 Å². The molecule has 0 fully saturated rings. The quantitative estimate of drug-likeness (QED) is 0.533. The van der Waals surface area contributed by atoms with E-state index in [1.165, 1.54) is 11.3 Å². The van der Waals surface area contributed by atoms with E-state index < -0.39 is 15.6 Å². The first-order valence-electron chi connectivity index (χ1n) is 7.42. The molecule has 0 spiro atoms. The van der Waals surface area contributed by atoms with Crippen molar-refractivity contribution in [2.75, 3.05) is 5.75 Å². The molecule has 1 heterocycles. The summed E-state index contributed by atoms with van der Waals surface area (Å²) in [4.78, 5) is 13.0. The minimum absolute atomic E-state index is 0.189. The van der Waals surface area contributed by atoms with Crippen molar-refractivity contribution in [2.24, 2.45) is 0 Å². The highest BCUT2D eigenvalue weighted by molar-refractivity contribution is 7.91. The zero-order valence-corrected chi connectivity index (χ0v) is 16.4. The first-order valence-corrected chi connectivity index (χ1v) is 10.8. The molecule has 0 aliphatic heterocycles. The summed E-state index contributed by atoms with van der Waals surface area (Å²) in [6.07, 6.45) is 0. The number of halogens is 2. The average molecular weight is 413 g/mol. The Labute approximate surface area is 160 Å². The summed E-state index contributed by atoms with van der Waals surface area (Å²) in [6, 6.07) is 12.0. The van der Waals surface area contributed by atoms with Crippen LogP contribution < -0.4 is 0 Å². The summed E-state index contributed by atoms with van der Waals surface area (Å²) in [7, 11) is -3.57. The minimum atomic E-state index is -3.57. The zero-order valence-electron chi connectivity index (χ0n) is 13.3. The van der Waals surface area contributed by atoms with Crippen LogP contribution in [0.5, 0.6) is 0 Å². The molecule has 2 aromatic carbocycles. The Bertz CT molecular complexity index is 1050. The van der Waals surface area contributed by atoms with Gasteiger partial charge < -0.3 is 0 Å². The Morgan fingerprint density at radius 2 is 1.68 bits per heavy atom. The van der Waals surface area contributed by atoms with Gasteiger partial charge in [-0.2, -0.15) is 0 Å². The largest absolute Gasteiger partial charge is 0.292 e. The highest BCUT2D eigenvalue weighted by atomic mass is 35.5. The van der Waals surface area contributed by atoms with Crippen LogP contribution in [0.25, 0.3) is 10.1 Å². The molecule has 0 saturated heterocycles. The van der Waals surface area contributed by atoms with Crippen LogP contribution in [-0.2, 0) is 15.6 Å². The van der Waals surface area contributed by atoms with E-state index in [9.17, 15) is 13.2 Å². The van der Waals surface area contributed by atoms with Crippen molar-refractivity contribution in [1.82, 2.24) is 0 Å². The molecule has 130 valence electrons. The van der Waals surface area contributed by atoms with Gasteiger partial charge in [0.05, 0.1) is 10.6 Å². The average Bonchev–Trinajstić information content (AvgIpc) is 2.86. The van der Waals surface area contributed by atoms with Crippen molar-refractivity contribution in [1.29, 1.82) is 0 Å². The number of carbonyl (C=O) groups is 1. The first kappa shape index (κ1) is 18.4. The Balaban J connectivity index is 1.83. The standard InChI is InChI=1S/C18H14Cl2O3S2/c1-11-15-8-14(20)6-7-17(15)24-18(11)16(21)10-25(22,23)9-12-2-4-13(19)5-3-12/h2-8H,9-10H2,1H3. The maximum atomic E-state index is 12.6. The number of rotatable bonds is 5. The third-order valence-electron chi connectivity index (χ3n) is 3.80. The molecule has 0 radical (unpaired) electrons. The molecular formula is C18H14Cl2O3S2. The first-order chi connectivity index (χ1) is 11.7. The fraction of sp³-hybridized carbons (Fsp3) is 0.167. The number of thiophene rings is 1. The van der Waals surface area contributed by atoms with Crippen LogP contribution >= 0.6 is 34.5 Å². The second-order valence-corrected chi connectivity index (χ2v) is 9.77. The number of aryl methyl sites for hydroxylation is 1. The second-order valence-electron chi connectivity index (χ2n) is 5.78. The third kappa shape index (κ3) is 4.23. The van der Waals surface area contributed by atoms with E-state index in [0.717, 1.165) is 15.6 Å². The van der Waals surface area contributed by atoms with Gasteiger partial charge in [-0.1, -0.05) is 35.3 Å². The molecule has 0 amide bonds. The van der Waals surface area contributed by atoms with Gasteiger partial charge in [0.2, 0.25) is 0 Å². The molecule has 3 rings (SSSR count). The fourth-order valence-electron chi connectivity index (χ4n) is 2.61. The molecule has 0 bridgehead atoms. The van der Waals surface area contributed by atoms with Crippen molar-refractivity contribution < 1.29 is 13.2 Å². The van der Waals surface area contributed by atoms with Gasteiger partial charge in [0.15, 0.2) is 15.6 Å². The number of carbonyl (C=O) groups excluding carboxylic acids is 1. The lowest BCUT2D eigenvalue weighted by Crippen LogP contribution is -2.17. The van der Waals surface area contributed by atoms with E-state index in [1.807, 2.05) is 13.0 Å². The highest BCUT2D eigenvalue weighted by Gasteiger charge is 2.22. The van der Waals surface area contributed by atoms with E-state index in [-0.39, 0.29) is 11.5 Å². The molecule has 0 unspecified atom stereocenters. The Morgan fingerprint density at radius 1 is 1.04 bits per heavy atom. The van der Waals surface area contributed by atoms with E-state index >= 15 is 0 Å². The number of ketones is 1. The van der Waals surface area contributed by atoms with E-state index in [1.54, 1.807) is 36.4 Å². The van der Waals surface area contributed by atoms with Gasteiger partial charge in [-0.25, -0.2) is 8.42 Å². The van der Waals surface area contributed by atoms with Crippen LogP contribution in [0.3, 0.4) is 0 Å². The van der Waals surface area contributed by atoms with Crippen LogP contribution in [0.4, 0.5) is 0 Å². The van der Waals surface area contributed by atoms with Gasteiger partial charge in [-0.05, 0) is 53.8 Å². The van der Waals surface area contributed by atoms with Crippen molar-refractivity contribution >= 4 is 60.2 Å². The van der Waals surface area contributed by atoms with Crippen molar-refractivity contribution in [2.45, 2.75) is 12.7 Å². The molecule has 25 heavy (non-hydrogen) atoms. The van der Waals surface area contributed by atoms with Gasteiger partial charge in [0.1, 0.15) is 5.75 Å². The zero-order chi connectivity index (χ0) is 18.2. The minimum Gasteiger partial charge on any atom is -0.292 e. The maximum absolute atomic E-state index is 12.6.